The average molecular weight is 297 g/mol. The van der Waals surface area contributed by atoms with Gasteiger partial charge in [0.1, 0.15) is 0 Å². The number of hydrogen-bond acceptors (Lipinski definition) is 1. The van der Waals surface area contributed by atoms with Gasteiger partial charge >= 0.3 is 0 Å². The molecule has 22 heavy (non-hydrogen) atoms. The molecular weight excluding hydrogens is 266 g/mol. The molecule has 0 aliphatic heterocycles. The van der Waals surface area contributed by atoms with Gasteiger partial charge in [-0.2, -0.15) is 0 Å². The quantitative estimate of drug-likeness (QED) is 0.762. The van der Waals surface area contributed by atoms with Crippen LogP contribution in [0.15, 0.2) is 41.5 Å². The van der Waals surface area contributed by atoms with Crippen molar-refractivity contribution in [3.8, 4) is 0 Å². The third-order valence-electron chi connectivity index (χ3n) is 4.82. The van der Waals surface area contributed by atoms with Crippen LogP contribution in [-0.4, -0.2) is 6.04 Å². The molecule has 2 N–H and O–H groups in total. The standard InChI is InChI=1S/C21H31N/c1-16-7-6-14-21(3,4)20(16)13-12-19-9-5-8-18(15-19)11-10-17(2)22/h5,8-9,12-13,15,17H,6-7,10-11,14,22H2,1-4H3/b13-12+. The van der Waals surface area contributed by atoms with Gasteiger partial charge in [-0.05, 0) is 68.1 Å². The molecule has 0 spiro atoms. The van der Waals surface area contributed by atoms with Crippen LogP contribution >= 0.6 is 0 Å². The Morgan fingerprint density at radius 3 is 2.73 bits per heavy atom. The van der Waals surface area contributed by atoms with Crippen molar-refractivity contribution in [2.75, 3.05) is 0 Å². The summed E-state index contributed by atoms with van der Waals surface area (Å²) in [5, 5.41) is 0. The molecule has 1 heteroatoms. The number of allylic oxidation sites excluding steroid dienone is 3. The Labute approximate surface area is 136 Å². The highest BCUT2D eigenvalue weighted by Crippen LogP contribution is 2.40. The van der Waals surface area contributed by atoms with Crippen molar-refractivity contribution in [2.45, 2.75) is 65.8 Å². The number of benzene rings is 1. The summed E-state index contributed by atoms with van der Waals surface area (Å²) in [6.45, 7) is 9.10. The first kappa shape index (κ1) is 17.0. The molecule has 0 fully saturated rings. The van der Waals surface area contributed by atoms with E-state index in [1.165, 1.54) is 36.0 Å². The molecule has 0 bridgehead atoms. The Kier molecular flexibility index (Phi) is 5.63. The van der Waals surface area contributed by atoms with Crippen LogP contribution in [0.4, 0.5) is 0 Å². The molecule has 0 aromatic heterocycles. The summed E-state index contributed by atoms with van der Waals surface area (Å²) in [4.78, 5) is 0. The fraction of sp³-hybridized carbons (Fsp3) is 0.524. The zero-order chi connectivity index (χ0) is 16.2. The predicted molar refractivity (Wildman–Crippen MR) is 97.8 cm³/mol. The van der Waals surface area contributed by atoms with Gasteiger partial charge in [-0.3, -0.25) is 0 Å². The molecule has 120 valence electrons. The highest BCUT2D eigenvalue weighted by atomic mass is 14.6. The fourth-order valence-corrected chi connectivity index (χ4v) is 3.44. The first-order valence-corrected chi connectivity index (χ1v) is 8.61. The molecule has 1 aliphatic rings. The van der Waals surface area contributed by atoms with Crippen molar-refractivity contribution in [3.63, 3.8) is 0 Å². The highest BCUT2D eigenvalue weighted by Gasteiger charge is 2.26. The Balaban J connectivity index is 2.14. The maximum absolute atomic E-state index is 5.86. The van der Waals surface area contributed by atoms with Gasteiger partial charge in [0.15, 0.2) is 0 Å². The van der Waals surface area contributed by atoms with Gasteiger partial charge in [-0.1, -0.05) is 55.8 Å². The van der Waals surface area contributed by atoms with Gasteiger partial charge in [-0.15, -0.1) is 0 Å². The van der Waals surface area contributed by atoms with E-state index in [0.717, 1.165) is 12.8 Å². The fourth-order valence-electron chi connectivity index (χ4n) is 3.44. The maximum atomic E-state index is 5.86. The molecule has 0 saturated heterocycles. The lowest BCUT2D eigenvalue weighted by molar-refractivity contribution is 0.377. The molecule has 1 aromatic carbocycles. The normalized spacial score (nSPS) is 19.7. The van der Waals surface area contributed by atoms with Crippen LogP contribution in [0.2, 0.25) is 0 Å². The summed E-state index contributed by atoms with van der Waals surface area (Å²) in [6, 6.07) is 9.12. The second-order valence-electron chi connectivity index (χ2n) is 7.53. The van der Waals surface area contributed by atoms with E-state index in [1.807, 2.05) is 0 Å². The topological polar surface area (TPSA) is 26.0 Å². The van der Waals surface area contributed by atoms with Crippen molar-refractivity contribution in [2.24, 2.45) is 11.1 Å². The second-order valence-corrected chi connectivity index (χ2v) is 7.53. The van der Waals surface area contributed by atoms with Crippen molar-refractivity contribution < 1.29 is 0 Å². The van der Waals surface area contributed by atoms with Gasteiger partial charge in [0.05, 0.1) is 0 Å². The van der Waals surface area contributed by atoms with E-state index in [-0.39, 0.29) is 6.04 Å². The highest BCUT2D eigenvalue weighted by molar-refractivity contribution is 5.55. The van der Waals surface area contributed by atoms with Crippen LogP contribution in [0, 0.1) is 5.41 Å². The van der Waals surface area contributed by atoms with E-state index < -0.39 is 0 Å². The Hall–Kier alpha value is -1.34. The van der Waals surface area contributed by atoms with E-state index in [9.17, 15) is 0 Å². The van der Waals surface area contributed by atoms with E-state index in [4.69, 9.17) is 5.73 Å². The van der Waals surface area contributed by atoms with Crippen LogP contribution < -0.4 is 5.73 Å². The minimum absolute atomic E-state index is 0.273. The third kappa shape index (κ3) is 4.58. The zero-order valence-electron chi connectivity index (χ0n) is 14.7. The molecule has 0 amide bonds. The minimum Gasteiger partial charge on any atom is -0.328 e. The van der Waals surface area contributed by atoms with E-state index in [1.54, 1.807) is 5.57 Å². The zero-order valence-corrected chi connectivity index (χ0v) is 14.7. The summed E-state index contributed by atoms with van der Waals surface area (Å²) < 4.78 is 0. The molecule has 2 rings (SSSR count). The molecule has 1 unspecified atom stereocenters. The smallest absolute Gasteiger partial charge is 0.00136 e. The van der Waals surface area contributed by atoms with Crippen LogP contribution in [-0.2, 0) is 6.42 Å². The Morgan fingerprint density at radius 1 is 1.27 bits per heavy atom. The Morgan fingerprint density at radius 2 is 2.05 bits per heavy atom. The van der Waals surface area contributed by atoms with E-state index in [0.29, 0.717) is 5.41 Å². The molecule has 0 radical (unpaired) electrons. The lowest BCUT2D eigenvalue weighted by Gasteiger charge is -2.32. The SMILES string of the molecule is CC1=C(/C=C/c2cccc(CCC(C)N)c2)C(C)(C)CCC1. The van der Waals surface area contributed by atoms with Gasteiger partial charge in [0, 0.05) is 6.04 Å². The summed E-state index contributed by atoms with van der Waals surface area (Å²) >= 11 is 0. The lowest BCUT2D eigenvalue weighted by Crippen LogP contribution is -2.18. The van der Waals surface area contributed by atoms with Crippen molar-refractivity contribution in [1.29, 1.82) is 0 Å². The summed E-state index contributed by atoms with van der Waals surface area (Å²) in [5.74, 6) is 0. The molecule has 0 heterocycles. The number of nitrogens with two attached hydrogens (primary N) is 1. The lowest BCUT2D eigenvalue weighted by atomic mass is 9.72. The minimum atomic E-state index is 0.273. The monoisotopic (exact) mass is 297 g/mol. The molecule has 1 aliphatic carbocycles. The van der Waals surface area contributed by atoms with E-state index >= 15 is 0 Å². The van der Waals surface area contributed by atoms with Crippen LogP contribution in [0.25, 0.3) is 6.08 Å². The van der Waals surface area contributed by atoms with Crippen LogP contribution in [0.1, 0.15) is 64.5 Å². The average Bonchev–Trinajstić information content (AvgIpc) is 2.44. The predicted octanol–water partition coefficient (Wildman–Crippen LogP) is 5.51. The summed E-state index contributed by atoms with van der Waals surface area (Å²) in [6.07, 6.45) is 10.6. The molecule has 0 saturated carbocycles. The van der Waals surface area contributed by atoms with Gasteiger partial charge in [0.25, 0.3) is 0 Å². The number of rotatable bonds is 5. The summed E-state index contributed by atoms with van der Waals surface area (Å²) in [5.41, 5.74) is 11.9. The second kappa shape index (κ2) is 7.28. The molecule has 1 atom stereocenters. The molecular formula is C21H31N. The molecule has 1 aromatic rings. The van der Waals surface area contributed by atoms with Crippen molar-refractivity contribution >= 4 is 6.08 Å². The van der Waals surface area contributed by atoms with Crippen molar-refractivity contribution in [1.82, 2.24) is 0 Å². The Bertz CT molecular complexity index is 561. The summed E-state index contributed by atoms with van der Waals surface area (Å²) in [7, 11) is 0. The van der Waals surface area contributed by atoms with Gasteiger partial charge < -0.3 is 5.73 Å². The van der Waals surface area contributed by atoms with Crippen LogP contribution in [0.3, 0.4) is 0 Å². The maximum Gasteiger partial charge on any atom is 0.00136 e. The van der Waals surface area contributed by atoms with Gasteiger partial charge in [0.2, 0.25) is 0 Å². The number of aryl methyl sites for hydroxylation is 1. The first-order valence-electron chi connectivity index (χ1n) is 8.61. The largest absolute Gasteiger partial charge is 0.328 e. The first-order chi connectivity index (χ1) is 10.4. The van der Waals surface area contributed by atoms with Crippen molar-refractivity contribution in [3.05, 3.63) is 52.6 Å². The third-order valence-corrected chi connectivity index (χ3v) is 4.82. The molecule has 1 nitrogen and oxygen atoms in total. The number of hydrogen-bond donors (Lipinski definition) is 1. The van der Waals surface area contributed by atoms with Gasteiger partial charge in [-0.25, -0.2) is 0 Å². The van der Waals surface area contributed by atoms with Crippen LogP contribution in [0.5, 0.6) is 0 Å². The van der Waals surface area contributed by atoms with E-state index in [2.05, 4.69) is 64.1 Å².